The molecular weight excluding hydrogens is 524 g/mol. The lowest BCUT2D eigenvalue weighted by Crippen LogP contribution is -2.10. The van der Waals surface area contributed by atoms with E-state index in [1.165, 1.54) is 0 Å². The highest BCUT2D eigenvalue weighted by Crippen LogP contribution is 2.35. The third-order valence-electron chi connectivity index (χ3n) is 7.13. The van der Waals surface area contributed by atoms with Crippen LogP contribution in [-0.4, -0.2) is 16.1 Å². The number of aromatic nitrogens is 2. The van der Waals surface area contributed by atoms with E-state index in [-0.39, 0.29) is 23.6 Å². The van der Waals surface area contributed by atoms with Crippen molar-refractivity contribution < 1.29 is 22.8 Å². The molecule has 1 saturated carbocycles. The summed E-state index contributed by atoms with van der Waals surface area (Å²) in [5.41, 5.74) is 5.42. The SMILES string of the molecule is Cc1noc(-c2ccc(-c3ccc(C(C)OC(=O)C4CC4)cc3)cc2)c1Nc1cccc(-c2cc(F)ccc2F)n1. The first-order valence-corrected chi connectivity index (χ1v) is 13.4. The summed E-state index contributed by atoms with van der Waals surface area (Å²) in [6.45, 7) is 3.70. The number of halogens is 2. The Labute approximate surface area is 236 Å². The molecular formula is C33H27F2N3O3. The summed E-state index contributed by atoms with van der Waals surface area (Å²) < 4.78 is 39.3. The molecule has 1 N–H and O–H groups in total. The van der Waals surface area contributed by atoms with Gasteiger partial charge in [-0.15, -0.1) is 0 Å². The lowest BCUT2D eigenvalue weighted by atomic mass is 10.0. The van der Waals surface area contributed by atoms with Gasteiger partial charge >= 0.3 is 5.97 Å². The molecule has 2 heterocycles. The molecule has 0 spiro atoms. The standard InChI is InChI=1S/C33H27F2N3O3/c1-19-31(37-30-5-3-4-29(36-30)27-18-26(34)16-17-28(27)35)32(41-38-19)24-12-10-23(11-13-24)22-8-6-21(7-9-22)20(2)40-33(39)25-14-15-25/h3-13,16-18,20,25H,14-15H2,1-2H3,(H,36,37). The largest absolute Gasteiger partial charge is 0.458 e. The zero-order chi connectivity index (χ0) is 28.5. The van der Waals surface area contributed by atoms with E-state index >= 15 is 0 Å². The van der Waals surface area contributed by atoms with Crippen LogP contribution in [0.25, 0.3) is 33.7 Å². The number of esters is 1. The number of carbonyl (C=O) groups is 1. The van der Waals surface area contributed by atoms with Crippen LogP contribution < -0.4 is 5.32 Å². The van der Waals surface area contributed by atoms with Crippen molar-refractivity contribution >= 4 is 17.5 Å². The molecule has 1 aliphatic carbocycles. The Kier molecular flexibility index (Phi) is 7.05. The lowest BCUT2D eigenvalue weighted by molar-refractivity contribution is -0.150. The van der Waals surface area contributed by atoms with Gasteiger partial charge in [-0.3, -0.25) is 4.79 Å². The number of rotatable bonds is 8. The number of carbonyl (C=O) groups excluding carboxylic acids is 1. The number of hydrogen-bond acceptors (Lipinski definition) is 6. The fourth-order valence-electron chi connectivity index (χ4n) is 4.61. The predicted octanol–water partition coefficient (Wildman–Crippen LogP) is 8.42. The Morgan fingerprint density at radius 1 is 0.951 bits per heavy atom. The number of anilines is 2. The van der Waals surface area contributed by atoms with Crippen molar-refractivity contribution in [2.75, 3.05) is 5.32 Å². The minimum atomic E-state index is -0.556. The highest BCUT2D eigenvalue weighted by Gasteiger charge is 2.32. The van der Waals surface area contributed by atoms with Gasteiger partial charge in [0.15, 0.2) is 5.76 Å². The van der Waals surface area contributed by atoms with Crippen LogP contribution in [0.2, 0.25) is 0 Å². The predicted molar refractivity (Wildman–Crippen MR) is 152 cm³/mol. The van der Waals surface area contributed by atoms with Gasteiger partial charge in [-0.25, -0.2) is 13.8 Å². The Morgan fingerprint density at radius 2 is 1.63 bits per heavy atom. The average Bonchev–Trinajstić information content (AvgIpc) is 3.79. The summed E-state index contributed by atoms with van der Waals surface area (Å²) in [7, 11) is 0. The van der Waals surface area contributed by atoms with E-state index in [0.717, 1.165) is 53.3 Å². The summed E-state index contributed by atoms with van der Waals surface area (Å²) in [5, 5.41) is 7.36. The number of ether oxygens (including phenoxy) is 1. The second kappa shape index (κ2) is 11.0. The summed E-state index contributed by atoms with van der Waals surface area (Å²) >= 11 is 0. The first-order valence-electron chi connectivity index (χ1n) is 13.4. The van der Waals surface area contributed by atoms with Crippen LogP contribution in [0.3, 0.4) is 0 Å². The van der Waals surface area contributed by atoms with Crippen molar-refractivity contribution in [2.45, 2.75) is 32.8 Å². The molecule has 2 aromatic heterocycles. The van der Waals surface area contributed by atoms with E-state index in [1.807, 2.05) is 62.4 Å². The van der Waals surface area contributed by atoms with E-state index in [0.29, 0.717) is 28.7 Å². The molecule has 0 bridgehead atoms. The summed E-state index contributed by atoms with van der Waals surface area (Å²) in [6.07, 6.45) is 1.56. The smallest absolute Gasteiger partial charge is 0.309 e. The molecule has 6 nitrogen and oxygen atoms in total. The zero-order valence-electron chi connectivity index (χ0n) is 22.5. The number of benzene rings is 3. The molecule has 1 unspecified atom stereocenters. The van der Waals surface area contributed by atoms with Crippen LogP contribution in [0.5, 0.6) is 0 Å². The lowest BCUT2D eigenvalue weighted by Gasteiger charge is -2.14. The Bertz CT molecular complexity index is 1710. The van der Waals surface area contributed by atoms with Gasteiger partial charge in [0.25, 0.3) is 0 Å². The van der Waals surface area contributed by atoms with Crippen molar-refractivity contribution in [3.05, 3.63) is 108 Å². The van der Waals surface area contributed by atoms with Crippen molar-refractivity contribution in [3.63, 3.8) is 0 Å². The molecule has 1 aliphatic rings. The van der Waals surface area contributed by atoms with Gasteiger partial charge in [0.2, 0.25) is 0 Å². The Morgan fingerprint density at radius 3 is 2.34 bits per heavy atom. The molecule has 3 aromatic carbocycles. The number of pyridine rings is 1. The Balaban J connectivity index is 1.19. The normalized spacial score (nSPS) is 13.6. The minimum Gasteiger partial charge on any atom is -0.458 e. The van der Waals surface area contributed by atoms with Crippen molar-refractivity contribution in [3.8, 4) is 33.7 Å². The summed E-state index contributed by atoms with van der Waals surface area (Å²) in [4.78, 5) is 16.5. The topological polar surface area (TPSA) is 77.2 Å². The van der Waals surface area contributed by atoms with E-state index in [1.54, 1.807) is 18.2 Å². The third kappa shape index (κ3) is 5.72. The maximum Gasteiger partial charge on any atom is 0.309 e. The molecule has 0 radical (unpaired) electrons. The van der Waals surface area contributed by atoms with Gasteiger partial charge in [0, 0.05) is 11.1 Å². The van der Waals surface area contributed by atoms with Crippen LogP contribution in [0.15, 0.2) is 89.5 Å². The molecule has 8 heteroatoms. The van der Waals surface area contributed by atoms with E-state index in [9.17, 15) is 13.6 Å². The number of nitrogens with one attached hydrogen (secondary N) is 1. The maximum absolute atomic E-state index is 14.3. The van der Waals surface area contributed by atoms with E-state index in [2.05, 4.69) is 15.5 Å². The average molecular weight is 552 g/mol. The van der Waals surface area contributed by atoms with Gasteiger partial charge in [-0.05, 0) is 73.7 Å². The minimum absolute atomic E-state index is 0.0744. The number of hydrogen-bond donors (Lipinski definition) is 1. The highest BCUT2D eigenvalue weighted by atomic mass is 19.1. The molecule has 0 aliphatic heterocycles. The van der Waals surface area contributed by atoms with Gasteiger partial charge < -0.3 is 14.6 Å². The summed E-state index contributed by atoms with van der Waals surface area (Å²) in [5.74, 6) is -0.170. The van der Waals surface area contributed by atoms with Crippen molar-refractivity contribution in [1.29, 1.82) is 0 Å². The van der Waals surface area contributed by atoms with Crippen LogP contribution >= 0.6 is 0 Å². The van der Waals surface area contributed by atoms with Gasteiger partial charge in [0.1, 0.15) is 34.9 Å². The van der Waals surface area contributed by atoms with Crippen LogP contribution in [-0.2, 0) is 9.53 Å². The third-order valence-corrected chi connectivity index (χ3v) is 7.13. The van der Waals surface area contributed by atoms with E-state index < -0.39 is 11.6 Å². The molecule has 1 atom stereocenters. The number of nitrogens with zero attached hydrogens (tertiary/aromatic N) is 2. The molecule has 206 valence electrons. The van der Waals surface area contributed by atoms with Crippen molar-refractivity contribution in [2.24, 2.45) is 5.92 Å². The molecule has 41 heavy (non-hydrogen) atoms. The first kappa shape index (κ1) is 26.4. The summed E-state index contributed by atoms with van der Waals surface area (Å²) in [6, 6.07) is 24.2. The molecule has 5 aromatic rings. The highest BCUT2D eigenvalue weighted by molar-refractivity contribution is 5.79. The van der Waals surface area contributed by atoms with Gasteiger partial charge in [-0.2, -0.15) is 0 Å². The van der Waals surface area contributed by atoms with Crippen LogP contribution in [0.4, 0.5) is 20.3 Å². The Hall–Kier alpha value is -4.85. The monoisotopic (exact) mass is 551 g/mol. The van der Waals surface area contributed by atoms with Crippen LogP contribution in [0.1, 0.15) is 37.1 Å². The number of aryl methyl sites for hydroxylation is 1. The first-order chi connectivity index (χ1) is 19.9. The molecule has 6 rings (SSSR count). The zero-order valence-corrected chi connectivity index (χ0v) is 22.5. The molecule has 0 amide bonds. The van der Waals surface area contributed by atoms with Gasteiger partial charge in [0.05, 0.1) is 11.6 Å². The quantitative estimate of drug-likeness (QED) is 0.195. The van der Waals surface area contributed by atoms with Gasteiger partial charge in [-0.1, -0.05) is 59.8 Å². The molecule has 0 saturated heterocycles. The fourth-order valence-corrected chi connectivity index (χ4v) is 4.61. The van der Waals surface area contributed by atoms with E-state index in [4.69, 9.17) is 9.26 Å². The second-order valence-electron chi connectivity index (χ2n) is 10.2. The molecule has 1 fully saturated rings. The van der Waals surface area contributed by atoms with Crippen LogP contribution in [0, 0.1) is 24.5 Å². The second-order valence-corrected chi connectivity index (χ2v) is 10.2. The maximum atomic E-state index is 14.3. The van der Waals surface area contributed by atoms with Crippen molar-refractivity contribution in [1.82, 2.24) is 10.1 Å². The fraction of sp³-hybridized carbons (Fsp3) is 0.182.